The molecule has 11 aromatic rings. The number of para-hydroxylation sites is 2. The van der Waals surface area contributed by atoms with Crippen molar-refractivity contribution in [1.29, 1.82) is 10.5 Å². The summed E-state index contributed by atoms with van der Waals surface area (Å²) in [6.45, 7) is 9.08. The number of nitriles is 2. The van der Waals surface area contributed by atoms with Gasteiger partial charge in [0.15, 0.2) is 5.69 Å². The molecule has 9 aromatic carbocycles. The molecule has 0 saturated heterocycles. The molecule has 0 aliphatic rings. The molecule has 5 nitrogen and oxygen atoms in total. The van der Waals surface area contributed by atoms with E-state index in [-0.39, 0.29) is 0 Å². The average Bonchev–Trinajstić information content (AvgIpc) is 3.87. The number of fused-ring (bicyclic) bond motifs is 6. The molecule has 0 N–H and O–H groups in total. The van der Waals surface area contributed by atoms with Gasteiger partial charge in [-0.15, -0.1) is 0 Å². The molecule has 2 aromatic heterocycles. The minimum Gasteiger partial charge on any atom is -0.309 e. The van der Waals surface area contributed by atoms with Gasteiger partial charge in [-0.05, 0) is 142 Å². The van der Waals surface area contributed by atoms with Crippen molar-refractivity contribution in [2.24, 2.45) is 0 Å². The largest absolute Gasteiger partial charge is 0.416 e. The van der Waals surface area contributed by atoms with Crippen molar-refractivity contribution in [1.82, 2.24) is 9.13 Å². The Morgan fingerprint density at radius 3 is 1.63 bits per heavy atom. The zero-order valence-electron chi connectivity index (χ0n) is 35.8. The first-order valence-corrected chi connectivity index (χ1v) is 21.5. The summed E-state index contributed by atoms with van der Waals surface area (Å²) in [5, 5.41) is 23.9. The molecule has 0 amide bonds. The van der Waals surface area contributed by atoms with Crippen LogP contribution in [0.3, 0.4) is 0 Å². The minimum atomic E-state index is -4.58. The predicted molar refractivity (Wildman–Crippen MR) is 262 cm³/mol. The lowest BCUT2D eigenvalue weighted by atomic mass is 9.90. The van der Waals surface area contributed by atoms with Crippen LogP contribution in [0.4, 0.5) is 18.9 Å². The van der Waals surface area contributed by atoms with E-state index < -0.39 is 11.7 Å². The fourth-order valence-corrected chi connectivity index (χ4v) is 9.57. The van der Waals surface area contributed by atoms with Crippen LogP contribution in [0.5, 0.6) is 0 Å². The Morgan fingerprint density at radius 1 is 0.463 bits per heavy atom. The molecule has 316 valence electrons. The standard InChI is InChI=1S/C59H34F3N5/c1-36-27-43(30-44(28-36)59(60,61)62)47-23-22-46(66-54-9-5-3-7-48(54)52-31-42(18-25-56(52)66)40-16-20-45(65-2)21-17-40)33-50(47)51-29-38(35-64)13-24-57(51)67-55-10-6-4-8-49(55)53-32-41(19-26-58(53)67)39-14-11-37(34-63)12-15-39/h3-33H,1H3. The van der Waals surface area contributed by atoms with Gasteiger partial charge >= 0.3 is 6.18 Å². The number of hydrogen-bond donors (Lipinski definition) is 0. The van der Waals surface area contributed by atoms with E-state index in [0.29, 0.717) is 44.6 Å². The quantitative estimate of drug-likeness (QED) is 0.156. The lowest BCUT2D eigenvalue weighted by Gasteiger charge is -2.20. The number of nitrogens with zero attached hydrogens (tertiary/aromatic N) is 5. The van der Waals surface area contributed by atoms with Crippen LogP contribution in [0.25, 0.3) is 104 Å². The van der Waals surface area contributed by atoms with Crippen molar-refractivity contribution < 1.29 is 13.2 Å². The first kappa shape index (κ1) is 40.6. The lowest BCUT2D eigenvalue weighted by molar-refractivity contribution is -0.137. The van der Waals surface area contributed by atoms with Gasteiger partial charge in [0.05, 0.1) is 63.2 Å². The first-order valence-electron chi connectivity index (χ1n) is 21.5. The fraction of sp³-hybridized carbons (Fsp3) is 0.0339. The highest BCUT2D eigenvalue weighted by Gasteiger charge is 2.31. The number of benzene rings is 9. The Morgan fingerprint density at radius 2 is 1.01 bits per heavy atom. The maximum absolute atomic E-state index is 14.6. The van der Waals surface area contributed by atoms with Gasteiger partial charge < -0.3 is 9.13 Å². The molecule has 0 aliphatic heterocycles. The topological polar surface area (TPSA) is 61.8 Å². The van der Waals surface area contributed by atoms with Crippen LogP contribution in [0, 0.1) is 36.2 Å². The Kier molecular flexibility index (Phi) is 9.59. The number of aromatic nitrogens is 2. The maximum Gasteiger partial charge on any atom is 0.416 e. The summed E-state index contributed by atoms with van der Waals surface area (Å²) in [6, 6.07) is 63.9. The van der Waals surface area contributed by atoms with Gasteiger partial charge in [0.25, 0.3) is 0 Å². The Balaban J connectivity index is 1.18. The van der Waals surface area contributed by atoms with Crippen molar-refractivity contribution in [2.75, 3.05) is 0 Å². The van der Waals surface area contributed by atoms with Gasteiger partial charge in [0, 0.05) is 32.8 Å². The summed E-state index contributed by atoms with van der Waals surface area (Å²) in [5.74, 6) is 0. The van der Waals surface area contributed by atoms with Gasteiger partial charge in [-0.25, -0.2) is 4.85 Å². The Hall–Kier alpha value is -9.16. The van der Waals surface area contributed by atoms with Crippen LogP contribution in [0.15, 0.2) is 188 Å². The number of rotatable bonds is 6. The van der Waals surface area contributed by atoms with Crippen molar-refractivity contribution >= 4 is 49.3 Å². The summed E-state index contributed by atoms with van der Waals surface area (Å²) < 4.78 is 48.0. The second-order valence-corrected chi connectivity index (χ2v) is 16.7. The van der Waals surface area contributed by atoms with Gasteiger partial charge in [-0.1, -0.05) is 97.1 Å². The van der Waals surface area contributed by atoms with Gasteiger partial charge in [-0.3, -0.25) is 0 Å². The fourth-order valence-electron chi connectivity index (χ4n) is 9.57. The minimum absolute atomic E-state index is 0.396. The van der Waals surface area contributed by atoms with Crippen LogP contribution in [-0.4, -0.2) is 9.13 Å². The molecule has 2 heterocycles. The van der Waals surface area contributed by atoms with Crippen LogP contribution < -0.4 is 0 Å². The molecule has 67 heavy (non-hydrogen) atoms. The molecule has 0 saturated carbocycles. The van der Waals surface area contributed by atoms with Gasteiger partial charge in [0.1, 0.15) is 0 Å². The molecule has 0 radical (unpaired) electrons. The second-order valence-electron chi connectivity index (χ2n) is 16.7. The van der Waals surface area contributed by atoms with Crippen molar-refractivity contribution in [3.8, 4) is 68.0 Å². The van der Waals surface area contributed by atoms with E-state index in [0.717, 1.165) is 83.3 Å². The molecular weight excluding hydrogens is 836 g/mol. The lowest BCUT2D eigenvalue weighted by Crippen LogP contribution is -2.06. The van der Waals surface area contributed by atoms with Crippen LogP contribution in [0.2, 0.25) is 0 Å². The van der Waals surface area contributed by atoms with Crippen molar-refractivity contribution in [3.05, 3.63) is 222 Å². The van der Waals surface area contributed by atoms with E-state index in [9.17, 15) is 23.7 Å². The first-order chi connectivity index (χ1) is 32.6. The average molecular weight is 870 g/mol. The number of hydrogen-bond acceptors (Lipinski definition) is 2. The van der Waals surface area contributed by atoms with E-state index in [2.05, 4.69) is 86.8 Å². The molecule has 0 unspecified atom stereocenters. The molecular formula is C59H34F3N5. The number of aryl methyl sites for hydroxylation is 1. The summed E-state index contributed by atoms with van der Waals surface area (Å²) in [6.07, 6.45) is -4.58. The molecule has 0 bridgehead atoms. The molecule has 0 atom stereocenters. The van der Waals surface area contributed by atoms with Crippen molar-refractivity contribution in [3.63, 3.8) is 0 Å². The molecule has 0 fully saturated rings. The number of halogens is 3. The molecule has 11 rings (SSSR count). The monoisotopic (exact) mass is 869 g/mol. The van der Waals surface area contributed by atoms with E-state index in [1.165, 1.54) is 6.07 Å². The summed E-state index contributed by atoms with van der Waals surface area (Å²) in [4.78, 5) is 3.55. The van der Waals surface area contributed by atoms with E-state index in [4.69, 9.17) is 6.57 Å². The molecule has 8 heteroatoms. The maximum atomic E-state index is 14.6. The van der Waals surface area contributed by atoms with Crippen molar-refractivity contribution in [2.45, 2.75) is 13.1 Å². The summed E-state index contributed by atoms with van der Waals surface area (Å²) in [5.41, 5.74) is 12.7. The number of alkyl halides is 3. The highest BCUT2D eigenvalue weighted by atomic mass is 19.4. The highest BCUT2D eigenvalue weighted by Crippen LogP contribution is 2.44. The Labute approximate surface area is 383 Å². The SMILES string of the molecule is [C-]#[N+]c1ccc(-c2ccc3c(c2)c2ccccc2n3-c2ccc(-c3cc(C)cc(C(F)(F)F)c3)c(-c3cc(C#N)ccc3-n3c4ccccc4c4cc(-c5ccc(C#N)cc5)ccc43)c2)cc1. The third kappa shape index (κ3) is 6.95. The predicted octanol–water partition coefficient (Wildman–Crippen LogP) is 16.2. The molecule has 0 spiro atoms. The van der Waals surface area contributed by atoms with Crippen LogP contribution in [-0.2, 0) is 6.18 Å². The van der Waals surface area contributed by atoms with Gasteiger partial charge in [-0.2, -0.15) is 23.7 Å². The second kappa shape index (κ2) is 15.8. The zero-order chi connectivity index (χ0) is 46.0. The van der Waals surface area contributed by atoms with Crippen LogP contribution >= 0.6 is 0 Å². The third-order valence-corrected chi connectivity index (χ3v) is 12.7. The highest BCUT2D eigenvalue weighted by molar-refractivity contribution is 6.12. The third-order valence-electron chi connectivity index (χ3n) is 12.7. The van der Waals surface area contributed by atoms with E-state index in [1.54, 1.807) is 31.2 Å². The van der Waals surface area contributed by atoms with E-state index in [1.807, 2.05) is 91.0 Å². The normalized spacial score (nSPS) is 11.5. The summed E-state index contributed by atoms with van der Waals surface area (Å²) in [7, 11) is 0. The Bertz CT molecular complexity index is 3950. The van der Waals surface area contributed by atoms with E-state index >= 15 is 0 Å². The summed E-state index contributed by atoms with van der Waals surface area (Å²) >= 11 is 0. The van der Waals surface area contributed by atoms with Crippen LogP contribution in [0.1, 0.15) is 22.3 Å². The smallest absolute Gasteiger partial charge is 0.309 e. The van der Waals surface area contributed by atoms with Gasteiger partial charge in [0.2, 0.25) is 0 Å². The molecule has 0 aliphatic carbocycles. The zero-order valence-corrected chi connectivity index (χ0v) is 35.8.